The van der Waals surface area contributed by atoms with E-state index in [2.05, 4.69) is 42.2 Å². The number of hydrogen-bond donors (Lipinski definition) is 1. The van der Waals surface area contributed by atoms with Crippen molar-refractivity contribution < 1.29 is 19.1 Å². The largest absolute Gasteiger partial charge is 0.436 e. The van der Waals surface area contributed by atoms with E-state index in [0.29, 0.717) is 63.1 Å². The van der Waals surface area contributed by atoms with Crippen molar-refractivity contribution >= 4 is 35.3 Å². The first kappa shape index (κ1) is 36.9. The van der Waals surface area contributed by atoms with Crippen molar-refractivity contribution in [2.45, 2.75) is 83.9 Å². The average molecular weight is 695 g/mol. The summed E-state index contributed by atoms with van der Waals surface area (Å²) in [4.78, 5) is 51.1. The van der Waals surface area contributed by atoms with E-state index < -0.39 is 12.2 Å². The number of benzene rings is 2. The molecule has 2 aromatic carbocycles. The molecule has 0 unspecified atom stereocenters. The molecular formula is C38H55ClN6O4. The van der Waals surface area contributed by atoms with Crippen LogP contribution in [0.15, 0.2) is 36.4 Å². The number of aryl methyl sites for hydroxylation is 2. The Kier molecular flexibility index (Phi) is 12.8. The van der Waals surface area contributed by atoms with Crippen LogP contribution in [-0.4, -0.2) is 127 Å². The summed E-state index contributed by atoms with van der Waals surface area (Å²) in [6.07, 6.45) is 3.90. The summed E-state index contributed by atoms with van der Waals surface area (Å²) in [6.45, 7) is 12.1. The van der Waals surface area contributed by atoms with Crippen molar-refractivity contribution in [3.8, 4) is 0 Å². The van der Waals surface area contributed by atoms with Crippen LogP contribution in [-0.2, 0) is 22.4 Å². The third-order valence-corrected chi connectivity index (χ3v) is 11.3. The fourth-order valence-corrected chi connectivity index (χ4v) is 7.61. The van der Waals surface area contributed by atoms with E-state index in [9.17, 15) is 14.4 Å². The third-order valence-electron chi connectivity index (χ3n) is 10.7. The van der Waals surface area contributed by atoms with E-state index in [-0.39, 0.29) is 18.0 Å². The number of amides is 4. The maximum Gasteiger partial charge on any atom is 0.410 e. The van der Waals surface area contributed by atoms with Crippen molar-refractivity contribution in [1.29, 1.82) is 0 Å². The van der Waals surface area contributed by atoms with Crippen LogP contribution in [0.4, 0.5) is 15.3 Å². The van der Waals surface area contributed by atoms with Gasteiger partial charge in [0.2, 0.25) is 0 Å². The van der Waals surface area contributed by atoms with E-state index in [0.717, 1.165) is 73.3 Å². The monoisotopic (exact) mass is 694 g/mol. The Morgan fingerprint density at radius 3 is 2.29 bits per heavy atom. The van der Waals surface area contributed by atoms with Gasteiger partial charge in [-0.2, -0.15) is 0 Å². The summed E-state index contributed by atoms with van der Waals surface area (Å²) < 4.78 is 6.10. The standard InChI is InChI=1S/C38H55ClN6O4/c1-6-41(4)17-9-18-42(5)31-13-19-43(20-14-31)36(46)34(26-29-24-27(2)35(39)28(3)25-29)49-38(48)44-21-15-32(16-22-44)45-23-12-30-10-7-8-11-33(30)40-37(45)47/h7-8,10-11,24-25,31-32,34H,6,9,12-23,26H2,1-5H3,(H,40,47)/t34-/m1/s1. The molecule has 2 aromatic rings. The van der Waals surface area contributed by atoms with Crippen molar-refractivity contribution in [3.63, 3.8) is 0 Å². The fraction of sp³-hybridized carbons (Fsp3) is 0.605. The number of urea groups is 1. The van der Waals surface area contributed by atoms with Crippen molar-refractivity contribution in [1.82, 2.24) is 24.5 Å². The van der Waals surface area contributed by atoms with E-state index in [1.54, 1.807) is 4.90 Å². The minimum absolute atomic E-state index is 0.0304. The number of para-hydroxylation sites is 1. The van der Waals surface area contributed by atoms with Crippen LogP contribution in [0.5, 0.6) is 0 Å². The van der Waals surface area contributed by atoms with E-state index in [4.69, 9.17) is 16.3 Å². The van der Waals surface area contributed by atoms with Gasteiger partial charge in [-0.05, 0) is 114 Å². The SMILES string of the molecule is CCN(C)CCCN(C)C1CCN(C(=O)[C@@H](Cc2cc(C)c(Cl)c(C)c2)OC(=O)N2CCC(N3CCc4ccccc4NC3=O)CC2)CC1. The van der Waals surface area contributed by atoms with Gasteiger partial charge in [0.1, 0.15) is 0 Å². The average Bonchev–Trinajstić information content (AvgIpc) is 3.27. The lowest BCUT2D eigenvalue weighted by Crippen LogP contribution is -2.52. The van der Waals surface area contributed by atoms with Gasteiger partial charge in [0.25, 0.3) is 5.91 Å². The smallest absolute Gasteiger partial charge is 0.410 e. The van der Waals surface area contributed by atoms with Crippen LogP contribution in [0.25, 0.3) is 0 Å². The first-order chi connectivity index (χ1) is 23.5. The van der Waals surface area contributed by atoms with Gasteiger partial charge >= 0.3 is 12.1 Å². The van der Waals surface area contributed by atoms with Gasteiger partial charge in [-0.25, -0.2) is 9.59 Å². The number of carbonyl (C=O) groups excluding carboxylic acids is 3. The first-order valence-electron chi connectivity index (χ1n) is 18.1. The first-order valence-corrected chi connectivity index (χ1v) is 18.5. The van der Waals surface area contributed by atoms with Crippen LogP contribution in [0.1, 0.15) is 61.3 Å². The van der Waals surface area contributed by atoms with E-state index >= 15 is 0 Å². The Hall–Kier alpha value is -3.34. The van der Waals surface area contributed by atoms with Gasteiger partial charge in [-0.15, -0.1) is 0 Å². The Balaban J connectivity index is 1.19. The molecule has 2 saturated heterocycles. The number of hydrogen-bond acceptors (Lipinski definition) is 6. The molecule has 3 aliphatic rings. The summed E-state index contributed by atoms with van der Waals surface area (Å²) in [7, 11) is 4.34. The number of likely N-dealkylation sites (tertiary alicyclic amines) is 2. The lowest BCUT2D eigenvalue weighted by atomic mass is 9.99. The molecule has 10 nitrogen and oxygen atoms in total. The summed E-state index contributed by atoms with van der Waals surface area (Å²) >= 11 is 6.46. The van der Waals surface area contributed by atoms with Gasteiger partial charge < -0.3 is 34.6 Å². The summed E-state index contributed by atoms with van der Waals surface area (Å²) in [5.41, 5.74) is 4.79. The summed E-state index contributed by atoms with van der Waals surface area (Å²) in [5, 5.41) is 3.77. The zero-order chi connectivity index (χ0) is 35.1. The molecule has 0 saturated carbocycles. The molecule has 4 amide bonds. The zero-order valence-corrected chi connectivity index (χ0v) is 30.8. The Bertz CT molecular complexity index is 1430. The molecule has 3 aliphatic heterocycles. The number of ether oxygens (including phenoxy) is 1. The number of anilines is 1. The van der Waals surface area contributed by atoms with Crippen molar-refractivity contribution in [3.05, 3.63) is 63.7 Å². The molecule has 0 radical (unpaired) electrons. The van der Waals surface area contributed by atoms with Gasteiger partial charge in [0.05, 0.1) is 0 Å². The molecule has 1 atom stereocenters. The second kappa shape index (κ2) is 17.1. The Morgan fingerprint density at radius 1 is 0.959 bits per heavy atom. The zero-order valence-electron chi connectivity index (χ0n) is 30.0. The van der Waals surface area contributed by atoms with Crippen LogP contribution < -0.4 is 5.32 Å². The maximum absolute atomic E-state index is 14.1. The van der Waals surface area contributed by atoms with Gasteiger partial charge in [0.15, 0.2) is 6.10 Å². The minimum Gasteiger partial charge on any atom is -0.436 e. The topological polar surface area (TPSA) is 88.7 Å². The fourth-order valence-electron chi connectivity index (χ4n) is 7.50. The highest BCUT2D eigenvalue weighted by molar-refractivity contribution is 6.32. The summed E-state index contributed by atoms with van der Waals surface area (Å²) in [5.74, 6) is -0.139. The predicted molar refractivity (Wildman–Crippen MR) is 195 cm³/mol. The number of nitrogens with zero attached hydrogens (tertiary/aromatic N) is 5. The molecule has 5 rings (SSSR count). The number of carbonyl (C=O) groups is 3. The molecule has 11 heteroatoms. The lowest BCUT2D eigenvalue weighted by Gasteiger charge is -2.39. The minimum atomic E-state index is -0.932. The second-order valence-electron chi connectivity index (χ2n) is 14.2. The molecule has 1 N–H and O–H groups in total. The predicted octanol–water partition coefficient (Wildman–Crippen LogP) is 5.82. The maximum atomic E-state index is 14.1. The molecule has 0 spiro atoms. The Morgan fingerprint density at radius 2 is 1.61 bits per heavy atom. The number of rotatable bonds is 11. The normalized spacial score (nSPS) is 18.4. The molecule has 0 bridgehead atoms. The molecule has 268 valence electrons. The van der Waals surface area contributed by atoms with Crippen molar-refractivity contribution in [2.75, 3.05) is 71.8 Å². The number of piperidine rings is 2. The second-order valence-corrected chi connectivity index (χ2v) is 14.5. The van der Waals surface area contributed by atoms with Crippen molar-refractivity contribution in [2.24, 2.45) is 0 Å². The highest BCUT2D eigenvalue weighted by atomic mass is 35.5. The Labute approximate surface area is 297 Å². The molecule has 0 aliphatic carbocycles. The molecule has 2 fully saturated rings. The van der Waals surface area contributed by atoms with Gasteiger partial charge in [-0.3, -0.25) is 4.79 Å². The quantitative estimate of drug-likeness (QED) is 0.319. The van der Waals surface area contributed by atoms with Crippen LogP contribution in [0.2, 0.25) is 5.02 Å². The third kappa shape index (κ3) is 9.47. The lowest BCUT2D eigenvalue weighted by molar-refractivity contribution is -0.142. The number of nitrogens with one attached hydrogen (secondary N) is 1. The van der Waals surface area contributed by atoms with Gasteiger partial charge in [0, 0.05) is 61.9 Å². The molecule has 3 heterocycles. The van der Waals surface area contributed by atoms with Crippen LogP contribution in [0.3, 0.4) is 0 Å². The van der Waals surface area contributed by atoms with E-state index in [1.807, 2.05) is 54.0 Å². The number of fused-ring (bicyclic) bond motifs is 1. The van der Waals surface area contributed by atoms with Gasteiger partial charge in [-0.1, -0.05) is 48.9 Å². The number of halogens is 1. The molecule has 0 aromatic heterocycles. The van der Waals surface area contributed by atoms with E-state index in [1.165, 1.54) is 0 Å². The highest BCUT2D eigenvalue weighted by Crippen LogP contribution is 2.27. The molecular weight excluding hydrogens is 640 g/mol. The molecule has 49 heavy (non-hydrogen) atoms. The summed E-state index contributed by atoms with van der Waals surface area (Å²) in [6, 6.07) is 12.3. The van der Waals surface area contributed by atoms with Crippen LogP contribution >= 0.6 is 11.6 Å². The van der Waals surface area contributed by atoms with Crippen LogP contribution in [0, 0.1) is 13.8 Å². The highest BCUT2D eigenvalue weighted by Gasteiger charge is 2.36.